The van der Waals surface area contributed by atoms with Crippen molar-refractivity contribution in [3.8, 4) is 6.07 Å². The van der Waals surface area contributed by atoms with E-state index in [9.17, 15) is 23.3 Å². The molecule has 10 heteroatoms. The van der Waals surface area contributed by atoms with E-state index in [0.29, 0.717) is 35.7 Å². The van der Waals surface area contributed by atoms with Gasteiger partial charge in [-0.3, -0.25) is 9.59 Å². The highest BCUT2D eigenvalue weighted by Gasteiger charge is 2.36. The molecule has 0 radical (unpaired) electrons. The molecule has 1 N–H and O–H groups in total. The maximum atomic E-state index is 13.0. The van der Waals surface area contributed by atoms with Gasteiger partial charge < -0.3 is 14.6 Å². The molecule has 2 fully saturated rings. The number of nitriles is 1. The van der Waals surface area contributed by atoms with Gasteiger partial charge in [0.05, 0.1) is 34.0 Å². The van der Waals surface area contributed by atoms with E-state index in [1.54, 1.807) is 11.8 Å². The number of ether oxygens (including phenoxy) is 1. The van der Waals surface area contributed by atoms with Crippen LogP contribution in [0, 0.1) is 18.3 Å². The summed E-state index contributed by atoms with van der Waals surface area (Å²) in [7, 11) is -3.13. The lowest BCUT2D eigenvalue weighted by Gasteiger charge is -2.30. The molecule has 152 valence electrons. The van der Waals surface area contributed by atoms with Crippen LogP contribution < -0.4 is 5.56 Å². The van der Waals surface area contributed by atoms with E-state index in [-0.39, 0.29) is 40.9 Å². The van der Waals surface area contributed by atoms with Crippen LogP contribution in [-0.4, -0.2) is 66.8 Å². The van der Waals surface area contributed by atoms with E-state index in [1.807, 2.05) is 0 Å². The number of aromatic amines is 1. The van der Waals surface area contributed by atoms with Crippen LogP contribution in [0.3, 0.4) is 0 Å². The smallest absolute Gasteiger partial charge is 0.249 e. The number of carbonyl (C=O) groups is 1. The van der Waals surface area contributed by atoms with Crippen LogP contribution in [0.2, 0.25) is 0 Å². The van der Waals surface area contributed by atoms with Crippen LogP contribution in [0.25, 0.3) is 0 Å². The van der Waals surface area contributed by atoms with Crippen molar-refractivity contribution in [1.29, 1.82) is 5.26 Å². The minimum absolute atomic E-state index is 0.0113. The highest BCUT2D eigenvalue weighted by Crippen LogP contribution is 2.25. The molecule has 2 aliphatic heterocycles. The van der Waals surface area contributed by atoms with Crippen LogP contribution in [0.1, 0.15) is 30.4 Å². The fraction of sp³-hybridized carbons (Fsp3) is 0.611. The van der Waals surface area contributed by atoms with Gasteiger partial charge in [0.1, 0.15) is 6.07 Å². The Balaban J connectivity index is 1.74. The zero-order valence-corrected chi connectivity index (χ0v) is 17.3. The van der Waals surface area contributed by atoms with E-state index in [2.05, 4.69) is 11.1 Å². The van der Waals surface area contributed by atoms with Gasteiger partial charge in [0.2, 0.25) is 11.5 Å². The lowest BCUT2D eigenvalue weighted by molar-refractivity contribution is -0.131. The Morgan fingerprint density at radius 1 is 1.46 bits per heavy atom. The highest BCUT2D eigenvalue weighted by atomic mass is 32.2. The number of nitrogens with zero attached hydrogens (tertiary/aromatic N) is 2. The molecule has 2 saturated heterocycles. The molecule has 0 aromatic carbocycles. The van der Waals surface area contributed by atoms with Crippen molar-refractivity contribution in [3.05, 3.63) is 27.5 Å². The molecule has 0 bridgehead atoms. The fourth-order valence-electron chi connectivity index (χ4n) is 3.61. The van der Waals surface area contributed by atoms with Crippen molar-refractivity contribution in [1.82, 2.24) is 9.88 Å². The van der Waals surface area contributed by atoms with Gasteiger partial charge >= 0.3 is 0 Å². The summed E-state index contributed by atoms with van der Waals surface area (Å²) in [5.41, 5.74) is 0.565. The monoisotopic (exact) mass is 425 g/mol. The van der Waals surface area contributed by atoms with Gasteiger partial charge in [-0.2, -0.15) is 5.26 Å². The summed E-state index contributed by atoms with van der Waals surface area (Å²) in [4.78, 5) is 28.9. The molecule has 0 unspecified atom stereocenters. The Labute approximate surface area is 168 Å². The standard InChI is InChI=1S/C18H23N3O5S2/c1-12-7-16(22)20-18(15(12)8-19)27-10-17(23)21(9-14-3-2-5-26-14)13-4-6-28(24,25)11-13/h7,13-14H,2-6,9-11H2,1H3,(H,20,22)/t13-,14-/m0/s1. The second kappa shape index (κ2) is 8.68. The Hall–Kier alpha value is -1.83. The minimum atomic E-state index is -3.13. The van der Waals surface area contributed by atoms with Gasteiger partial charge in [-0.25, -0.2) is 8.42 Å². The highest BCUT2D eigenvalue weighted by molar-refractivity contribution is 8.00. The number of hydrogen-bond acceptors (Lipinski definition) is 7. The largest absolute Gasteiger partial charge is 0.376 e. The number of pyridine rings is 1. The molecular formula is C18H23N3O5S2. The van der Waals surface area contributed by atoms with Gasteiger partial charge in [0.25, 0.3) is 0 Å². The molecule has 8 nitrogen and oxygen atoms in total. The molecule has 1 aromatic rings. The van der Waals surface area contributed by atoms with Crippen LogP contribution in [-0.2, 0) is 19.4 Å². The Bertz CT molecular complexity index is 945. The number of hydrogen-bond donors (Lipinski definition) is 1. The second-order valence-electron chi connectivity index (χ2n) is 7.16. The Morgan fingerprint density at radius 3 is 2.86 bits per heavy atom. The first-order valence-corrected chi connectivity index (χ1v) is 12.0. The predicted molar refractivity (Wildman–Crippen MR) is 105 cm³/mol. The first-order chi connectivity index (χ1) is 13.3. The van der Waals surface area contributed by atoms with Gasteiger partial charge in [0.15, 0.2) is 9.84 Å². The number of carbonyl (C=O) groups excluding carboxylic acids is 1. The van der Waals surface area contributed by atoms with Crippen molar-refractivity contribution in [2.45, 2.75) is 43.4 Å². The average Bonchev–Trinajstić information content (AvgIpc) is 3.26. The maximum absolute atomic E-state index is 13.0. The molecule has 1 aromatic heterocycles. The molecule has 2 atom stereocenters. The summed E-state index contributed by atoms with van der Waals surface area (Å²) in [5, 5.41) is 9.68. The lowest BCUT2D eigenvalue weighted by Crippen LogP contribution is -2.46. The van der Waals surface area contributed by atoms with E-state index in [0.717, 1.165) is 24.6 Å². The van der Waals surface area contributed by atoms with Crippen LogP contribution in [0.15, 0.2) is 15.9 Å². The number of amides is 1. The second-order valence-corrected chi connectivity index (χ2v) is 10.4. The van der Waals surface area contributed by atoms with E-state index < -0.39 is 9.84 Å². The normalized spacial score (nSPS) is 23.4. The number of aryl methyl sites for hydroxylation is 1. The topological polar surface area (TPSA) is 120 Å². The van der Waals surface area contributed by atoms with Crippen molar-refractivity contribution in [2.24, 2.45) is 0 Å². The SMILES string of the molecule is Cc1cc(=O)[nH]c(SCC(=O)N(C[C@@H]2CCCO2)[C@H]2CCS(=O)(=O)C2)c1C#N. The zero-order chi connectivity index (χ0) is 20.3. The van der Waals surface area contributed by atoms with Crippen LogP contribution >= 0.6 is 11.8 Å². The van der Waals surface area contributed by atoms with Gasteiger partial charge in [0, 0.05) is 25.3 Å². The first-order valence-electron chi connectivity index (χ1n) is 9.17. The molecule has 2 aliphatic rings. The average molecular weight is 426 g/mol. The number of nitrogens with one attached hydrogen (secondary N) is 1. The summed E-state index contributed by atoms with van der Waals surface area (Å²) in [6.07, 6.45) is 2.13. The minimum Gasteiger partial charge on any atom is -0.376 e. The molecule has 0 spiro atoms. The fourth-order valence-corrected chi connectivity index (χ4v) is 6.29. The molecule has 0 aliphatic carbocycles. The lowest BCUT2D eigenvalue weighted by atomic mass is 10.1. The van der Waals surface area contributed by atoms with Crippen molar-refractivity contribution in [2.75, 3.05) is 30.4 Å². The zero-order valence-electron chi connectivity index (χ0n) is 15.6. The van der Waals surface area contributed by atoms with E-state index in [1.165, 1.54) is 6.07 Å². The number of rotatable bonds is 6. The van der Waals surface area contributed by atoms with Crippen LogP contribution in [0.5, 0.6) is 0 Å². The number of sulfone groups is 1. The van der Waals surface area contributed by atoms with Gasteiger partial charge in [-0.15, -0.1) is 0 Å². The number of aromatic nitrogens is 1. The van der Waals surface area contributed by atoms with Crippen molar-refractivity contribution < 1.29 is 17.9 Å². The quantitative estimate of drug-likeness (QED) is 0.671. The molecular weight excluding hydrogens is 402 g/mol. The molecule has 3 rings (SSSR count). The third-order valence-electron chi connectivity index (χ3n) is 5.05. The molecule has 3 heterocycles. The summed E-state index contributed by atoms with van der Waals surface area (Å²) < 4.78 is 29.4. The van der Waals surface area contributed by atoms with E-state index in [4.69, 9.17) is 4.74 Å². The summed E-state index contributed by atoms with van der Waals surface area (Å²) in [5.74, 6) is -0.143. The Kier molecular flexibility index (Phi) is 6.47. The third-order valence-corrected chi connectivity index (χ3v) is 7.79. The van der Waals surface area contributed by atoms with Gasteiger partial charge in [-0.1, -0.05) is 11.8 Å². The van der Waals surface area contributed by atoms with Crippen molar-refractivity contribution in [3.63, 3.8) is 0 Å². The first kappa shape index (κ1) is 20.9. The van der Waals surface area contributed by atoms with Crippen LogP contribution in [0.4, 0.5) is 0 Å². The third kappa shape index (κ3) is 4.96. The van der Waals surface area contributed by atoms with Gasteiger partial charge in [-0.05, 0) is 31.7 Å². The predicted octanol–water partition coefficient (Wildman–Crippen LogP) is 0.842. The molecule has 28 heavy (non-hydrogen) atoms. The Morgan fingerprint density at radius 2 is 2.25 bits per heavy atom. The molecule has 1 amide bonds. The van der Waals surface area contributed by atoms with Crippen molar-refractivity contribution >= 4 is 27.5 Å². The summed E-state index contributed by atoms with van der Waals surface area (Å²) in [6.45, 7) is 2.70. The van der Waals surface area contributed by atoms with E-state index >= 15 is 0 Å². The number of H-pyrrole nitrogens is 1. The maximum Gasteiger partial charge on any atom is 0.249 e. The molecule has 0 saturated carbocycles. The summed E-state index contributed by atoms with van der Waals surface area (Å²) in [6, 6.07) is 3.05. The number of thioether (sulfide) groups is 1. The summed E-state index contributed by atoms with van der Waals surface area (Å²) >= 11 is 1.09.